The van der Waals surface area contributed by atoms with E-state index in [1.54, 1.807) is 12.3 Å². The van der Waals surface area contributed by atoms with Gasteiger partial charge in [-0.1, -0.05) is 156 Å². The van der Waals surface area contributed by atoms with Gasteiger partial charge in [-0.15, -0.1) is 48.1 Å². The maximum absolute atomic E-state index is 8.85. The summed E-state index contributed by atoms with van der Waals surface area (Å²) in [6.45, 7) is 13.3. The number of aromatic nitrogens is 3. The first kappa shape index (κ1) is 45.2. The summed E-state index contributed by atoms with van der Waals surface area (Å²) in [6, 6.07) is 75.8. The molecule has 3 aromatic heterocycles. The van der Waals surface area contributed by atoms with E-state index in [0.29, 0.717) is 28.4 Å². The zero-order chi connectivity index (χ0) is 53.7. The molecule has 0 spiro atoms. The van der Waals surface area contributed by atoms with Crippen molar-refractivity contribution in [3.63, 3.8) is 0 Å². The largest absolute Gasteiger partial charge is 0.509 e. The smallest absolute Gasteiger partial charge is 0.135 e. The van der Waals surface area contributed by atoms with Crippen LogP contribution in [0.15, 0.2) is 206 Å². The van der Waals surface area contributed by atoms with Crippen LogP contribution in [-0.4, -0.2) is 14.1 Å². The zero-order valence-electron chi connectivity index (χ0n) is 46.2. The standard InChI is InChI=1S/C69H56N5O.Pt/c1-45-36-67(70-43-60(45)47-30-28-46(29-31-47)48-32-34-58-56-22-11-13-24-61(56)73(65(58)37-48)51-18-9-8-10-19-51)74-62-25-14-12-23-57(62)59-35-33-55(42-66(59)74)75-54-21-17-20-52(41-54)71-44-72(64-27-16-15-26-63(64)71)53-39-49(68(2,3)4)38-50(40-53)69(5,6)7;/h8-40,43-44H,1-7H3;/q-3;/i1D3;. The number of ether oxygens (including phenoxy) is 1. The average molecular weight is 1170 g/mol. The van der Waals surface area contributed by atoms with Crippen LogP contribution in [0.2, 0.25) is 0 Å². The van der Waals surface area contributed by atoms with Crippen LogP contribution in [0.5, 0.6) is 11.5 Å². The summed E-state index contributed by atoms with van der Waals surface area (Å²) in [7, 11) is 0. The van der Waals surface area contributed by atoms with Gasteiger partial charge < -0.3 is 23.7 Å². The van der Waals surface area contributed by atoms with Crippen LogP contribution in [0.25, 0.3) is 77.4 Å². The number of hydrogen-bond acceptors (Lipinski definition) is 4. The van der Waals surface area contributed by atoms with Crippen molar-refractivity contribution in [2.45, 2.75) is 59.2 Å². The van der Waals surface area contributed by atoms with Crippen LogP contribution in [0, 0.1) is 25.7 Å². The molecule has 13 rings (SSSR count). The van der Waals surface area contributed by atoms with Crippen LogP contribution >= 0.6 is 0 Å². The van der Waals surface area contributed by atoms with Gasteiger partial charge in [-0.3, -0.25) is 0 Å². The Kier molecular flexibility index (Phi) is 11.2. The Bertz CT molecular complexity index is 4270. The first-order valence-electron chi connectivity index (χ1n) is 27.1. The van der Waals surface area contributed by atoms with Crippen LogP contribution in [0.1, 0.15) is 62.3 Å². The fraction of sp³-hybridized carbons (Fsp3) is 0.130. The van der Waals surface area contributed by atoms with Gasteiger partial charge in [-0.25, -0.2) is 4.98 Å². The van der Waals surface area contributed by atoms with Crippen molar-refractivity contribution >= 4 is 66.4 Å². The fourth-order valence-corrected chi connectivity index (χ4v) is 10.7. The van der Waals surface area contributed by atoms with Crippen LogP contribution in [0.4, 0.5) is 22.7 Å². The van der Waals surface area contributed by atoms with Gasteiger partial charge >= 0.3 is 0 Å². The molecule has 1 aliphatic heterocycles. The Hall–Kier alpha value is -8.18. The summed E-state index contributed by atoms with van der Waals surface area (Å²) < 4.78 is 37.5. The minimum absolute atomic E-state index is 0. The van der Waals surface area contributed by atoms with Gasteiger partial charge in [0, 0.05) is 87.5 Å². The number of pyridine rings is 1. The molecule has 376 valence electrons. The maximum atomic E-state index is 8.85. The molecular formula is C69H56N5OPt-3. The molecule has 0 saturated heterocycles. The molecule has 76 heavy (non-hydrogen) atoms. The first-order valence-corrected chi connectivity index (χ1v) is 25.6. The van der Waals surface area contributed by atoms with Crippen molar-refractivity contribution in [2.75, 3.05) is 9.80 Å². The molecule has 0 amide bonds. The van der Waals surface area contributed by atoms with Crippen LogP contribution in [-0.2, 0) is 31.9 Å². The van der Waals surface area contributed by atoms with Gasteiger partial charge in [0.1, 0.15) is 5.82 Å². The fourth-order valence-electron chi connectivity index (χ4n) is 10.7. The van der Waals surface area contributed by atoms with E-state index in [1.165, 1.54) is 21.9 Å². The number of aryl methyl sites for hydroxylation is 1. The van der Waals surface area contributed by atoms with E-state index in [0.717, 1.165) is 72.4 Å². The van der Waals surface area contributed by atoms with E-state index in [4.69, 9.17) is 13.8 Å². The third kappa shape index (κ3) is 8.55. The third-order valence-electron chi connectivity index (χ3n) is 14.7. The SMILES string of the molecule is [2H]C([2H])([2H])c1cc(-n2c3[c-]c(Oc4[c-]c(N5[CH-]N(c6cc(C(C)(C)C)cc(C(C)(C)C)c6)c6ccccc65)ccc4)ccc3c3ccccc32)ncc1-c1ccc(-c2ccc3c4ccccc4n(-c4ccccc4)c3c2)cc1.[Pt]. The number of rotatable bonds is 8. The Labute approximate surface area is 463 Å². The topological polar surface area (TPSA) is 38.5 Å². The van der Waals surface area contributed by atoms with E-state index in [1.807, 2.05) is 71.3 Å². The van der Waals surface area contributed by atoms with Gasteiger partial charge in [0.05, 0.1) is 11.0 Å². The number of para-hydroxylation sites is 5. The van der Waals surface area contributed by atoms with Crippen molar-refractivity contribution in [3.8, 4) is 45.3 Å². The van der Waals surface area contributed by atoms with E-state index in [9.17, 15) is 0 Å². The average Bonchev–Trinajstić information content (AvgIpc) is 4.33. The van der Waals surface area contributed by atoms with E-state index in [-0.39, 0.29) is 37.5 Å². The molecular weight excluding hydrogens is 1110 g/mol. The van der Waals surface area contributed by atoms with Crippen LogP contribution in [0.3, 0.4) is 0 Å². The Morgan fingerprint density at radius 3 is 1.79 bits per heavy atom. The van der Waals surface area contributed by atoms with Gasteiger partial charge in [-0.05, 0) is 117 Å². The second kappa shape index (κ2) is 18.9. The number of benzene rings is 9. The molecule has 0 radical (unpaired) electrons. The predicted octanol–water partition coefficient (Wildman–Crippen LogP) is 18.3. The molecule has 6 nitrogen and oxygen atoms in total. The zero-order valence-corrected chi connectivity index (χ0v) is 45.4. The van der Waals surface area contributed by atoms with E-state index in [2.05, 4.69) is 202 Å². The third-order valence-corrected chi connectivity index (χ3v) is 14.7. The number of fused-ring (bicyclic) bond motifs is 7. The molecule has 0 unspecified atom stereocenters. The van der Waals surface area contributed by atoms with Gasteiger partial charge in [0.2, 0.25) is 0 Å². The summed E-state index contributed by atoms with van der Waals surface area (Å²) in [5.74, 6) is 1.47. The molecule has 12 aromatic rings. The van der Waals surface area contributed by atoms with Crippen molar-refractivity contribution in [2.24, 2.45) is 0 Å². The van der Waals surface area contributed by atoms with Gasteiger partial charge in [0.15, 0.2) is 0 Å². The molecule has 0 atom stereocenters. The molecule has 0 N–H and O–H groups in total. The Balaban J connectivity index is 0.00000623. The van der Waals surface area contributed by atoms with Crippen molar-refractivity contribution in [1.29, 1.82) is 0 Å². The minimum Gasteiger partial charge on any atom is -0.509 e. The van der Waals surface area contributed by atoms with Crippen molar-refractivity contribution in [1.82, 2.24) is 14.1 Å². The van der Waals surface area contributed by atoms with Crippen molar-refractivity contribution < 1.29 is 29.9 Å². The van der Waals surface area contributed by atoms with E-state index < -0.39 is 6.85 Å². The van der Waals surface area contributed by atoms with Gasteiger partial charge in [-0.2, -0.15) is 12.1 Å². The second-order valence-electron chi connectivity index (χ2n) is 21.6. The normalized spacial score (nSPS) is 13.5. The van der Waals surface area contributed by atoms with Gasteiger partial charge in [0.25, 0.3) is 0 Å². The Morgan fingerprint density at radius 2 is 1.08 bits per heavy atom. The summed E-state index contributed by atoms with van der Waals surface area (Å²) in [6.07, 6.45) is 1.69. The second-order valence-corrected chi connectivity index (χ2v) is 21.6. The first-order chi connectivity index (χ1) is 37.5. The number of anilines is 4. The molecule has 9 aromatic carbocycles. The summed E-state index contributed by atoms with van der Waals surface area (Å²) in [4.78, 5) is 9.45. The maximum Gasteiger partial charge on any atom is 0.135 e. The quantitative estimate of drug-likeness (QED) is 0.142. The number of nitrogens with zero attached hydrogens (tertiary/aromatic N) is 5. The molecule has 4 heterocycles. The summed E-state index contributed by atoms with van der Waals surface area (Å²) in [5.41, 5.74) is 15.1. The molecule has 0 saturated carbocycles. The van der Waals surface area contributed by atoms with Crippen LogP contribution < -0.4 is 14.5 Å². The minimum atomic E-state index is -2.45. The monoisotopic (exact) mass is 1170 g/mol. The van der Waals surface area contributed by atoms with Crippen molar-refractivity contribution in [3.05, 3.63) is 242 Å². The predicted molar refractivity (Wildman–Crippen MR) is 312 cm³/mol. The summed E-state index contributed by atoms with van der Waals surface area (Å²) in [5, 5.41) is 4.30. The Morgan fingerprint density at radius 1 is 0.487 bits per heavy atom. The summed E-state index contributed by atoms with van der Waals surface area (Å²) >= 11 is 0. The molecule has 7 heteroatoms. The number of hydrogen-bond donors (Lipinski definition) is 0. The molecule has 1 aliphatic rings. The molecule has 0 aliphatic carbocycles. The molecule has 0 fully saturated rings. The van der Waals surface area contributed by atoms with E-state index >= 15 is 0 Å². The molecule has 0 bridgehead atoms.